The Hall–Kier alpha value is -6.72. The van der Waals surface area contributed by atoms with Crippen LogP contribution >= 0.6 is 0 Å². The molecule has 5 rings (SSSR count). The summed E-state index contributed by atoms with van der Waals surface area (Å²) in [5.41, 5.74) is 1.85. The Kier molecular flexibility index (Phi) is 5.55. The van der Waals surface area contributed by atoms with Crippen LogP contribution in [0.2, 0.25) is 0 Å². The average molecular weight is 484 g/mol. The van der Waals surface area contributed by atoms with Gasteiger partial charge in [-0.05, 0) is 35.4 Å². The minimum absolute atomic E-state index is 0.123. The van der Waals surface area contributed by atoms with Gasteiger partial charge in [-0.15, -0.1) is 0 Å². The lowest BCUT2D eigenvalue weighted by molar-refractivity contribution is 1.12. The molecule has 0 amide bonds. The summed E-state index contributed by atoms with van der Waals surface area (Å²) < 4.78 is 0. The Labute approximate surface area is 216 Å². The van der Waals surface area contributed by atoms with Crippen LogP contribution in [-0.2, 0) is 0 Å². The van der Waals surface area contributed by atoms with E-state index >= 15 is 0 Å². The molecule has 2 aromatic heterocycles. The number of aromatic nitrogens is 4. The van der Waals surface area contributed by atoms with Gasteiger partial charge in [0.2, 0.25) is 0 Å². The predicted molar refractivity (Wildman–Crippen MR) is 134 cm³/mol. The quantitative estimate of drug-likeness (QED) is 0.381. The minimum atomic E-state index is -0.284. The SMILES string of the molecule is [C-]#[N+]/C(C#N)=C1\C(c2ncccn2)=C(C#N)c2cc3c(cc21)/C(=C(/C#N)[N+]#[C-])C(c1ncccn1)=C3C#N. The summed E-state index contributed by atoms with van der Waals surface area (Å²) >= 11 is 0. The number of nitrogens with zero attached hydrogens (tertiary/aromatic N) is 10. The molecule has 0 fully saturated rings. The van der Waals surface area contributed by atoms with E-state index in [1.807, 2.05) is 12.1 Å². The Morgan fingerprint density at radius 2 is 0.974 bits per heavy atom. The zero-order valence-electron chi connectivity index (χ0n) is 19.1. The topological polar surface area (TPSA) is 155 Å². The summed E-state index contributed by atoms with van der Waals surface area (Å²) in [5, 5.41) is 39.9. The van der Waals surface area contributed by atoms with Crippen LogP contribution in [0.15, 0.2) is 60.4 Å². The first-order valence-corrected chi connectivity index (χ1v) is 10.7. The predicted octanol–water partition coefficient (Wildman–Crippen LogP) is 4.47. The number of hydrogen-bond acceptors (Lipinski definition) is 8. The standard InChI is InChI=1S/C28H8N10/c1-33-21(13-31)23-17-10-18-16(9-15(17)19(11-29)25(23)27-35-5-3-6-36-27)20(12-30)26(24(18)22(14-32)34-2)28-37-7-4-8-38-28/h3-10H/b23-21-,24-22+. The van der Waals surface area contributed by atoms with Crippen molar-refractivity contribution in [1.29, 1.82) is 21.0 Å². The second kappa shape index (κ2) is 9.14. The highest BCUT2D eigenvalue weighted by atomic mass is 14.9. The highest BCUT2D eigenvalue weighted by molar-refractivity contribution is 6.28. The molecule has 0 radical (unpaired) electrons. The molecule has 0 saturated heterocycles. The van der Waals surface area contributed by atoms with E-state index in [4.69, 9.17) is 13.1 Å². The number of benzene rings is 1. The van der Waals surface area contributed by atoms with Crippen LogP contribution in [0.25, 0.3) is 43.1 Å². The second-order valence-corrected chi connectivity index (χ2v) is 7.71. The summed E-state index contributed by atoms with van der Waals surface area (Å²) in [6.07, 6.45) is 5.92. The zero-order chi connectivity index (χ0) is 26.8. The fourth-order valence-corrected chi connectivity index (χ4v) is 4.52. The maximum atomic E-state index is 10.2. The zero-order valence-corrected chi connectivity index (χ0v) is 19.1. The van der Waals surface area contributed by atoms with E-state index in [0.29, 0.717) is 22.3 Å². The van der Waals surface area contributed by atoms with Gasteiger partial charge in [0, 0.05) is 58.2 Å². The molecule has 38 heavy (non-hydrogen) atoms. The third kappa shape index (κ3) is 3.22. The summed E-state index contributed by atoms with van der Waals surface area (Å²) in [5.74, 6) is 0.298. The van der Waals surface area contributed by atoms with Gasteiger partial charge >= 0.3 is 0 Å². The Balaban J connectivity index is 1.95. The van der Waals surface area contributed by atoms with Crippen molar-refractivity contribution in [3.05, 3.63) is 117 Å². The molecule has 0 bridgehead atoms. The van der Waals surface area contributed by atoms with Crippen LogP contribution < -0.4 is 0 Å². The molecule has 0 unspecified atom stereocenters. The lowest BCUT2D eigenvalue weighted by Gasteiger charge is -2.11. The van der Waals surface area contributed by atoms with Gasteiger partial charge in [-0.3, -0.25) is 0 Å². The number of nitriles is 4. The fourth-order valence-electron chi connectivity index (χ4n) is 4.52. The van der Waals surface area contributed by atoms with Crippen molar-refractivity contribution in [1.82, 2.24) is 19.9 Å². The molecule has 2 heterocycles. The van der Waals surface area contributed by atoms with Crippen LogP contribution in [0.4, 0.5) is 0 Å². The van der Waals surface area contributed by atoms with Crippen molar-refractivity contribution in [2.75, 3.05) is 0 Å². The van der Waals surface area contributed by atoms with Crippen molar-refractivity contribution >= 4 is 33.4 Å². The van der Waals surface area contributed by atoms with Crippen molar-refractivity contribution in [3.63, 3.8) is 0 Å². The molecule has 170 valence electrons. The molecule has 0 N–H and O–H groups in total. The van der Waals surface area contributed by atoms with Crippen molar-refractivity contribution in [2.24, 2.45) is 0 Å². The molecule has 0 saturated carbocycles. The first-order valence-electron chi connectivity index (χ1n) is 10.7. The van der Waals surface area contributed by atoms with Gasteiger partial charge in [0.05, 0.1) is 36.4 Å². The van der Waals surface area contributed by atoms with E-state index in [1.165, 1.54) is 24.8 Å². The molecule has 0 aliphatic heterocycles. The fraction of sp³-hybridized carbons (Fsp3) is 0. The highest BCUT2D eigenvalue weighted by Crippen LogP contribution is 2.53. The van der Waals surface area contributed by atoms with Crippen LogP contribution in [0.3, 0.4) is 0 Å². The number of fused-ring (bicyclic) bond motifs is 2. The molecule has 1 aromatic carbocycles. The molecule has 2 aliphatic carbocycles. The summed E-state index contributed by atoms with van der Waals surface area (Å²) in [6.45, 7) is 15.2. The smallest absolute Gasteiger partial charge is 0.237 e. The van der Waals surface area contributed by atoms with Gasteiger partial charge in [-0.25, -0.2) is 40.1 Å². The average Bonchev–Trinajstić information content (AvgIpc) is 3.46. The molecule has 10 nitrogen and oxygen atoms in total. The van der Waals surface area contributed by atoms with Gasteiger partial charge in [0.25, 0.3) is 11.4 Å². The van der Waals surface area contributed by atoms with Crippen molar-refractivity contribution in [2.45, 2.75) is 0 Å². The largest absolute Gasteiger partial charge is 0.270 e. The second-order valence-electron chi connectivity index (χ2n) is 7.71. The van der Waals surface area contributed by atoms with E-state index in [2.05, 4.69) is 41.8 Å². The van der Waals surface area contributed by atoms with Gasteiger partial charge in [0.15, 0.2) is 11.6 Å². The summed E-state index contributed by atoms with van der Waals surface area (Å²) in [7, 11) is 0. The lowest BCUT2D eigenvalue weighted by atomic mass is 9.92. The van der Waals surface area contributed by atoms with Crippen molar-refractivity contribution < 1.29 is 0 Å². The third-order valence-corrected chi connectivity index (χ3v) is 5.95. The monoisotopic (exact) mass is 484 g/mol. The molecule has 10 heteroatoms. The van der Waals surface area contributed by atoms with E-state index in [0.717, 1.165) is 0 Å². The first-order chi connectivity index (χ1) is 18.6. The van der Waals surface area contributed by atoms with E-state index in [-0.39, 0.29) is 56.5 Å². The van der Waals surface area contributed by atoms with Crippen LogP contribution in [-0.4, -0.2) is 19.9 Å². The maximum Gasteiger partial charge on any atom is 0.270 e. The van der Waals surface area contributed by atoms with Crippen molar-refractivity contribution in [3.8, 4) is 24.3 Å². The van der Waals surface area contributed by atoms with Crippen LogP contribution in [0.1, 0.15) is 33.9 Å². The first kappa shape index (κ1) is 23.0. The molecular weight excluding hydrogens is 476 g/mol. The molecular formula is C28H8N10. The van der Waals surface area contributed by atoms with Crippen LogP contribution in [0.5, 0.6) is 0 Å². The lowest BCUT2D eigenvalue weighted by Crippen LogP contribution is -1.97. The van der Waals surface area contributed by atoms with E-state index in [1.54, 1.807) is 24.3 Å². The van der Waals surface area contributed by atoms with E-state index in [9.17, 15) is 21.0 Å². The molecule has 3 aromatic rings. The van der Waals surface area contributed by atoms with Gasteiger partial charge in [-0.2, -0.15) is 10.5 Å². The molecule has 2 aliphatic rings. The number of hydrogen-bond donors (Lipinski definition) is 0. The van der Waals surface area contributed by atoms with Gasteiger partial charge in [-0.1, -0.05) is 0 Å². The van der Waals surface area contributed by atoms with Gasteiger partial charge < -0.3 is 0 Å². The number of rotatable bonds is 2. The maximum absolute atomic E-state index is 10.2. The number of allylic oxidation sites excluding steroid dienone is 8. The Bertz CT molecular complexity index is 1780. The molecule has 0 atom stereocenters. The van der Waals surface area contributed by atoms with E-state index < -0.39 is 0 Å². The molecule has 0 spiro atoms. The highest BCUT2D eigenvalue weighted by Gasteiger charge is 2.38. The Morgan fingerprint density at radius 1 is 0.605 bits per heavy atom. The minimum Gasteiger partial charge on any atom is -0.237 e. The van der Waals surface area contributed by atoms with Crippen LogP contribution in [0, 0.1) is 58.5 Å². The summed E-state index contributed by atoms with van der Waals surface area (Å²) in [4.78, 5) is 23.7. The normalized spacial score (nSPS) is 15.6. The van der Waals surface area contributed by atoms with Gasteiger partial charge in [0.1, 0.15) is 12.1 Å². The Morgan fingerprint density at radius 3 is 1.29 bits per heavy atom. The summed E-state index contributed by atoms with van der Waals surface area (Å²) in [6, 6.07) is 14.4. The third-order valence-electron chi connectivity index (χ3n) is 5.95.